The van der Waals surface area contributed by atoms with Gasteiger partial charge in [-0.3, -0.25) is 4.98 Å². The zero-order chi connectivity index (χ0) is 15.2. The molecule has 0 amide bonds. The molecular weight excluding hydrogens is 336 g/mol. The summed E-state index contributed by atoms with van der Waals surface area (Å²) in [6.07, 6.45) is 3.46. The number of benzene rings is 1. The number of ether oxygens (including phenoxy) is 2. The standard InChI is InChI=1S/C15H15BrN2O3/c1-10(18-19)12-3-4-14(15(6-12)20-2)21-9-11-5-13(16)8-17-7-11/h3-8,19H,9H2,1-2H3/b18-10+. The number of halogens is 1. The Kier molecular flexibility index (Phi) is 5.16. The van der Waals surface area contributed by atoms with E-state index in [1.807, 2.05) is 12.1 Å². The summed E-state index contributed by atoms with van der Waals surface area (Å²) in [6, 6.07) is 7.31. The second-order valence-corrected chi connectivity index (χ2v) is 5.27. The smallest absolute Gasteiger partial charge is 0.161 e. The summed E-state index contributed by atoms with van der Waals surface area (Å²) in [7, 11) is 1.57. The van der Waals surface area contributed by atoms with Crippen molar-refractivity contribution in [3.8, 4) is 11.5 Å². The molecule has 0 saturated carbocycles. The number of oxime groups is 1. The highest BCUT2D eigenvalue weighted by Gasteiger charge is 2.08. The van der Waals surface area contributed by atoms with E-state index in [4.69, 9.17) is 14.7 Å². The predicted molar refractivity (Wildman–Crippen MR) is 83.3 cm³/mol. The summed E-state index contributed by atoms with van der Waals surface area (Å²) >= 11 is 3.37. The molecule has 110 valence electrons. The van der Waals surface area contributed by atoms with Crippen molar-refractivity contribution in [2.45, 2.75) is 13.5 Å². The highest BCUT2D eigenvalue weighted by atomic mass is 79.9. The molecule has 2 rings (SSSR count). The molecule has 0 aliphatic rings. The van der Waals surface area contributed by atoms with E-state index in [0.29, 0.717) is 23.8 Å². The second-order valence-electron chi connectivity index (χ2n) is 4.35. The van der Waals surface area contributed by atoms with Gasteiger partial charge in [0.1, 0.15) is 6.61 Å². The maximum absolute atomic E-state index is 8.80. The van der Waals surface area contributed by atoms with Gasteiger partial charge in [-0.05, 0) is 47.1 Å². The van der Waals surface area contributed by atoms with Crippen LogP contribution in [0.15, 0.2) is 46.3 Å². The van der Waals surface area contributed by atoms with Crippen molar-refractivity contribution in [2.24, 2.45) is 5.16 Å². The summed E-state index contributed by atoms with van der Waals surface area (Å²) in [6.45, 7) is 2.09. The van der Waals surface area contributed by atoms with Crippen LogP contribution < -0.4 is 9.47 Å². The van der Waals surface area contributed by atoms with Crippen LogP contribution in [0.4, 0.5) is 0 Å². The normalized spacial score (nSPS) is 11.3. The lowest BCUT2D eigenvalue weighted by atomic mass is 10.1. The largest absolute Gasteiger partial charge is 0.493 e. The van der Waals surface area contributed by atoms with Gasteiger partial charge in [-0.15, -0.1) is 0 Å². The Labute approximate surface area is 131 Å². The zero-order valence-electron chi connectivity index (χ0n) is 11.7. The van der Waals surface area contributed by atoms with Gasteiger partial charge in [0.05, 0.1) is 12.8 Å². The number of rotatable bonds is 5. The first-order valence-corrected chi connectivity index (χ1v) is 7.02. The topological polar surface area (TPSA) is 63.9 Å². The van der Waals surface area contributed by atoms with Gasteiger partial charge in [-0.2, -0.15) is 0 Å². The van der Waals surface area contributed by atoms with Gasteiger partial charge in [0.2, 0.25) is 0 Å². The van der Waals surface area contributed by atoms with Crippen molar-refractivity contribution in [2.75, 3.05) is 7.11 Å². The van der Waals surface area contributed by atoms with Crippen LogP contribution in [0.1, 0.15) is 18.1 Å². The molecule has 0 unspecified atom stereocenters. The summed E-state index contributed by atoms with van der Waals surface area (Å²) in [5.74, 6) is 1.20. The van der Waals surface area contributed by atoms with Crippen LogP contribution in [-0.2, 0) is 6.61 Å². The van der Waals surface area contributed by atoms with Gasteiger partial charge in [-0.25, -0.2) is 0 Å². The fraction of sp³-hybridized carbons (Fsp3) is 0.200. The van der Waals surface area contributed by atoms with E-state index in [-0.39, 0.29) is 0 Å². The third-order valence-corrected chi connectivity index (χ3v) is 3.32. The van der Waals surface area contributed by atoms with Gasteiger partial charge in [0, 0.05) is 28.0 Å². The predicted octanol–water partition coefficient (Wildman–Crippen LogP) is 3.63. The van der Waals surface area contributed by atoms with Gasteiger partial charge in [0.15, 0.2) is 11.5 Å². The molecule has 1 aromatic carbocycles. The molecule has 2 aromatic rings. The third-order valence-electron chi connectivity index (χ3n) is 2.89. The van der Waals surface area contributed by atoms with Gasteiger partial charge < -0.3 is 14.7 Å². The van der Waals surface area contributed by atoms with Crippen molar-refractivity contribution in [3.05, 3.63) is 52.3 Å². The van der Waals surface area contributed by atoms with Crippen molar-refractivity contribution >= 4 is 21.6 Å². The van der Waals surface area contributed by atoms with Crippen molar-refractivity contribution in [3.63, 3.8) is 0 Å². The molecule has 1 heterocycles. The van der Waals surface area contributed by atoms with E-state index in [1.165, 1.54) is 0 Å². The van der Waals surface area contributed by atoms with Crippen LogP contribution in [-0.4, -0.2) is 23.0 Å². The lowest BCUT2D eigenvalue weighted by Crippen LogP contribution is -2.00. The minimum absolute atomic E-state index is 0.384. The van der Waals surface area contributed by atoms with Crippen LogP contribution in [0, 0.1) is 0 Å². The van der Waals surface area contributed by atoms with Crippen molar-refractivity contribution < 1.29 is 14.7 Å². The molecule has 0 fully saturated rings. The molecule has 6 heteroatoms. The number of aromatic nitrogens is 1. The SMILES string of the molecule is COc1cc(/C(C)=N/O)ccc1OCc1cncc(Br)c1. The Morgan fingerprint density at radius 2 is 2.10 bits per heavy atom. The van der Waals surface area contributed by atoms with Crippen LogP contribution in [0.3, 0.4) is 0 Å². The number of hydrogen-bond acceptors (Lipinski definition) is 5. The fourth-order valence-electron chi connectivity index (χ4n) is 1.77. The first kappa shape index (κ1) is 15.3. The Hall–Kier alpha value is -2.08. The van der Waals surface area contributed by atoms with E-state index < -0.39 is 0 Å². The van der Waals surface area contributed by atoms with Crippen molar-refractivity contribution in [1.29, 1.82) is 0 Å². The Bertz CT molecular complexity index is 659. The fourth-order valence-corrected chi connectivity index (χ4v) is 2.18. The van der Waals surface area contributed by atoms with E-state index in [2.05, 4.69) is 26.1 Å². The van der Waals surface area contributed by atoms with Crippen LogP contribution >= 0.6 is 15.9 Å². The monoisotopic (exact) mass is 350 g/mol. The molecule has 0 bridgehead atoms. The molecule has 5 nitrogen and oxygen atoms in total. The number of nitrogens with zero attached hydrogens (tertiary/aromatic N) is 2. The molecule has 0 spiro atoms. The summed E-state index contributed by atoms with van der Waals surface area (Å²) in [5.41, 5.74) is 2.23. The number of pyridine rings is 1. The molecular formula is C15H15BrN2O3. The second kappa shape index (κ2) is 7.08. The summed E-state index contributed by atoms with van der Waals surface area (Å²) in [4.78, 5) is 4.09. The molecule has 1 N–H and O–H groups in total. The van der Waals surface area contributed by atoms with Gasteiger partial charge >= 0.3 is 0 Å². The van der Waals surface area contributed by atoms with Crippen LogP contribution in [0.25, 0.3) is 0 Å². The van der Waals surface area contributed by atoms with E-state index in [9.17, 15) is 0 Å². The third kappa shape index (κ3) is 3.95. The molecule has 0 saturated heterocycles. The van der Waals surface area contributed by atoms with E-state index in [1.54, 1.807) is 38.6 Å². The lowest BCUT2D eigenvalue weighted by molar-refractivity contribution is 0.284. The first-order chi connectivity index (χ1) is 10.1. The first-order valence-electron chi connectivity index (χ1n) is 6.23. The lowest BCUT2D eigenvalue weighted by Gasteiger charge is -2.12. The molecule has 0 atom stereocenters. The average Bonchev–Trinajstić information content (AvgIpc) is 2.52. The Balaban J connectivity index is 2.16. The average molecular weight is 351 g/mol. The van der Waals surface area contributed by atoms with Crippen LogP contribution in [0.2, 0.25) is 0 Å². The maximum atomic E-state index is 8.80. The minimum Gasteiger partial charge on any atom is -0.493 e. The maximum Gasteiger partial charge on any atom is 0.161 e. The van der Waals surface area contributed by atoms with Crippen LogP contribution in [0.5, 0.6) is 11.5 Å². The van der Waals surface area contributed by atoms with E-state index in [0.717, 1.165) is 15.6 Å². The number of hydrogen-bond donors (Lipinski definition) is 1. The zero-order valence-corrected chi connectivity index (χ0v) is 13.3. The number of methoxy groups -OCH3 is 1. The highest BCUT2D eigenvalue weighted by molar-refractivity contribution is 9.10. The Morgan fingerprint density at radius 1 is 1.29 bits per heavy atom. The minimum atomic E-state index is 0.384. The molecule has 0 aliphatic heterocycles. The van der Waals surface area contributed by atoms with Crippen molar-refractivity contribution in [1.82, 2.24) is 4.98 Å². The molecule has 21 heavy (non-hydrogen) atoms. The Morgan fingerprint density at radius 3 is 2.76 bits per heavy atom. The van der Waals surface area contributed by atoms with Gasteiger partial charge in [-0.1, -0.05) is 5.16 Å². The molecule has 0 radical (unpaired) electrons. The van der Waals surface area contributed by atoms with Gasteiger partial charge in [0.25, 0.3) is 0 Å². The van der Waals surface area contributed by atoms with E-state index >= 15 is 0 Å². The molecule has 1 aromatic heterocycles. The quantitative estimate of drug-likeness (QED) is 0.508. The highest BCUT2D eigenvalue weighted by Crippen LogP contribution is 2.29. The molecule has 0 aliphatic carbocycles. The summed E-state index contributed by atoms with van der Waals surface area (Å²) in [5, 5.41) is 12.0. The summed E-state index contributed by atoms with van der Waals surface area (Å²) < 4.78 is 12.0.